The molecular formula is C21H31N5OS. The molecule has 0 aliphatic carbocycles. The number of guanidine groups is 1. The number of hydrogen-bond acceptors (Lipinski definition) is 5. The summed E-state index contributed by atoms with van der Waals surface area (Å²) in [4.78, 5) is 8.26. The maximum atomic E-state index is 5.52. The number of hydrogen-bond donors (Lipinski definition) is 3. The molecule has 3 N–H and O–H groups in total. The molecule has 7 heteroatoms. The first-order valence-corrected chi connectivity index (χ1v) is 10.8. The lowest BCUT2D eigenvalue weighted by atomic mass is 10.2. The van der Waals surface area contributed by atoms with Crippen molar-refractivity contribution in [1.82, 2.24) is 15.5 Å². The molecule has 1 aliphatic rings. The van der Waals surface area contributed by atoms with Gasteiger partial charge in [-0.2, -0.15) is 0 Å². The van der Waals surface area contributed by atoms with Gasteiger partial charge in [-0.3, -0.25) is 9.89 Å². The second-order valence-corrected chi connectivity index (χ2v) is 7.69. The van der Waals surface area contributed by atoms with Crippen LogP contribution in [0.3, 0.4) is 0 Å². The lowest BCUT2D eigenvalue weighted by molar-refractivity contribution is 0.0177. The van der Waals surface area contributed by atoms with Gasteiger partial charge in [0.2, 0.25) is 0 Å². The molecule has 0 amide bonds. The number of aliphatic imine (C=N–C) groups is 1. The van der Waals surface area contributed by atoms with Crippen molar-refractivity contribution in [3.63, 3.8) is 0 Å². The number of benzene rings is 1. The van der Waals surface area contributed by atoms with Gasteiger partial charge in [-0.1, -0.05) is 24.3 Å². The van der Waals surface area contributed by atoms with Crippen molar-refractivity contribution in [3.8, 4) is 0 Å². The molecule has 0 bridgehead atoms. The van der Waals surface area contributed by atoms with E-state index in [9.17, 15) is 0 Å². The predicted molar refractivity (Wildman–Crippen MR) is 118 cm³/mol. The van der Waals surface area contributed by atoms with Crippen LogP contribution >= 0.6 is 11.3 Å². The van der Waals surface area contributed by atoms with E-state index in [1.807, 2.05) is 36.6 Å². The zero-order chi connectivity index (χ0) is 19.4. The largest absolute Gasteiger partial charge is 0.385 e. The van der Waals surface area contributed by atoms with Crippen molar-refractivity contribution < 1.29 is 4.74 Å². The molecule has 1 aliphatic heterocycles. The zero-order valence-electron chi connectivity index (χ0n) is 16.6. The lowest BCUT2D eigenvalue weighted by Gasteiger charge is -2.34. The van der Waals surface area contributed by atoms with Gasteiger partial charge in [-0.25, -0.2) is 0 Å². The Bertz CT molecular complexity index is 686. The van der Waals surface area contributed by atoms with Crippen LogP contribution in [0.1, 0.15) is 17.3 Å². The first kappa shape index (κ1) is 20.6. The van der Waals surface area contributed by atoms with Gasteiger partial charge in [0.25, 0.3) is 0 Å². The van der Waals surface area contributed by atoms with E-state index >= 15 is 0 Å². The van der Waals surface area contributed by atoms with Crippen molar-refractivity contribution >= 4 is 23.0 Å². The van der Waals surface area contributed by atoms with E-state index in [2.05, 4.69) is 55.5 Å². The lowest BCUT2D eigenvalue weighted by Crippen LogP contribution is -2.46. The van der Waals surface area contributed by atoms with E-state index in [1.165, 1.54) is 4.88 Å². The molecule has 0 spiro atoms. The first-order chi connectivity index (χ1) is 13.9. The first-order valence-electron chi connectivity index (χ1n) is 9.95. The van der Waals surface area contributed by atoms with Gasteiger partial charge in [0.15, 0.2) is 5.96 Å². The Morgan fingerprint density at radius 3 is 2.64 bits per heavy atom. The second-order valence-electron chi connectivity index (χ2n) is 6.71. The highest BCUT2D eigenvalue weighted by Gasteiger charge is 2.23. The van der Waals surface area contributed by atoms with Crippen LogP contribution in [0.5, 0.6) is 0 Å². The number of anilines is 1. The molecule has 1 fully saturated rings. The highest BCUT2D eigenvalue weighted by atomic mass is 32.1. The van der Waals surface area contributed by atoms with E-state index in [-0.39, 0.29) is 0 Å². The van der Waals surface area contributed by atoms with Gasteiger partial charge < -0.3 is 20.7 Å². The van der Waals surface area contributed by atoms with E-state index in [0.717, 1.165) is 64.0 Å². The quantitative estimate of drug-likeness (QED) is 0.343. The van der Waals surface area contributed by atoms with Crippen LogP contribution in [0.25, 0.3) is 0 Å². The van der Waals surface area contributed by atoms with E-state index in [0.29, 0.717) is 6.04 Å². The van der Waals surface area contributed by atoms with Crippen LogP contribution in [-0.4, -0.2) is 63.8 Å². The Morgan fingerprint density at radius 2 is 1.93 bits per heavy atom. The molecule has 1 aromatic heterocycles. The van der Waals surface area contributed by atoms with Gasteiger partial charge in [-0.05, 0) is 30.0 Å². The molecule has 0 saturated carbocycles. The topological polar surface area (TPSA) is 60.9 Å². The second kappa shape index (κ2) is 11.7. The molecule has 152 valence electrons. The summed E-state index contributed by atoms with van der Waals surface area (Å²) in [6.45, 7) is 6.21. The third-order valence-corrected chi connectivity index (χ3v) is 5.77. The molecule has 3 rings (SSSR count). The van der Waals surface area contributed by atoms with Crippen LogP contribution < -0.4 is 16.0 Å². The number of nitrogens with one attached hydrogen (secondary N) is 3. The molecule has 2 heterocycles. The minimum Gasteiger partial charge on any atom is -0.385 e. The minimum atomic E-state index is 0.349. The monoisotopic (exact) mass is 401 g/mol. The summed E-state index contributed by atoms with van der Waals surface area (Å²) in [5, 5.41) is 12.5. The van der Waals surface area contributed by atoms with Gasteiger partial charge in [0.1, 0.15) is 0 Å². The average molecular weight is 402 g/mol. The number of nitrogens with zero attached hydrogens (tertiary/aromatic N) is 2. The van der Waals surface area contributed by atoms with Crippen LogP contribution in [-0.2, 0) is 4.74 Å². The van der Waals surface area contributed by atoms with Crippen LogP contribution in [0.2, 0.25) is 0 Å². The fraction of sp³-hybridized carbons (Fsp3) is 0.476. The number of rotatable bonds is 9. The Hall–Kier alpha value is -2.09. The Labute approximate surface area is 172 Å². The highest BCUT2D eigenvalue weighted by Crippen LogP contribution is 2.25. The van der Waals surface area contributed by atoms with Crippen molar-refractivity contribution in [1.29, 1.82) is 0 Å². The van der Waals surface area contributed by atoms with Crippen molar-refractivity contribution in [2.75, 3.05) is 58.3 Å². The van der Waals surface area contributed by atoms with Gasteiger partial charge in [-0.15, -0.1) is 11.3 Å². The molecule has 6 nitrogen and oxygen atoms in total. The fourth-order valence-corrected chi connectivity index (χ4v) is 4.14. The normalized spacial score (nSPS) is 16.5. The average Bonchev–Trinajstić information content (AvgIpc) is 3.28. The van der Waals surface area contributed by atoms with Crippen molar-refractivity contribution in [3.05, 3.63) is 52.7 Å². The van der Waals surface area contributed by atoms with Gasteiger partial charge in [0, 0.05) is 50.3 Å². The number of ether oxygens (including phenoxy) is 1. The van der Waals surface area contributed by atoms with Crippen LogP contribution in [0.4, 0.5) is 5.69 Å². The minimum absolute atomic E-state index is 0.349. The highest BCUT2D eigenvalue weighted by molar-refractivity contribution is 7.10. The van der Waals surface area contributed by atoms with E-state index in [1.54, 1.807) is 0 Å². The molecule has 1 unspecified atom stereocenters. The Morgan fingerprint density at radius 1 is 1.11 bits per heavy atom. The summed E-state index contributed by atoms with van der Waals surface area (Å²) < 4.78 is 5.52. The SMILES string of the molecule is CN=C(NCCCNc1ccccc1)NCC(c1cccs1)N1CCOCC1. The summed E-state index contributed by atoms with van der Waals surface area (Å²) in [5.74, 6) is 0.856. The number of morpholine rings is 1. The summed E-state index contributed by atoms with van der Waals surface area (Å²) in [7, 11) is 1.83. The summed E-state index contributed by atoms with van der Waals surface area (Å²) in [5.41, 5.74) is 1.16. The molecule has 1 aromatic carbocycles. The molecular weight excluding hydrogens is 370 g/mol. The third-order valence-electron chi connectivity index (χ3n) is 4.79. The standard InChI is InChI=1S/C21H31N5OS/c1-22-21(24-11-6-10-23-18-7-3-2-4-8-18)25-17-19(20-9-5-16-28-20)26-12-14-27-15-13-26/h2-5,7-9,16,19,23H,6,10-15,17H2,1H3,(H2,22,24,25). The van der Waals surface area contributed by atoms with Crippen molar-refractivity contribution in [2.24, 2.45) is 4.99 Å². The molecule has 1 saturated heterocycles. The smallest absolute Gasteiger partial charge is 0.191 e. The Balaban J connectivity index is 1.41. The third kappa shape index (κ3) is 6.51. The Kier molecular flexibility index (Phi) is 8.61. The van der Waals surface area contributed by atoms with Gasteiger partial charge >= 0.3 is 0 Å². The molecule has 0 radical (unpaired) electrons. The van der Waals surface area contributed by atoms with Crippen LogP contribution in [0.15, 0.2) is 52.8 Å². The molecule has 2 aromatic rings. The van der Waals surface area contributed by atoms with E-state index in [4.69, 9.17) is 4.74 Å². The predicted octanol–water partition coefficient (Wildman–Crippen LogP) is 2.79. The summed E-state index contributed by atoms with van der Waals surface area (Å²) >= 11 is 1.82. The summed E-state index contributed by atoms with van der Waals surface area (Å²) in [6, 6.07) is 15.0. The number of para-hydroxylation sites is 1. The number of thiophene rings is 1. The maximum Gasteiger partial charge on any atom is 0.191 e. The molecule has 1 atom stereocenters. The van der Waals surface area contributed by atoms with Crippen molar-refractivity contribution in [2.45, 2.75) is 12.5 Å². The van der Waals surface area contributed by atoms with E-state index < -0.39 is 0 Å². The molecule has 28 heavy (non-hydrogen) atoms. The maximum absolute atomic E-state index is 5.52. The summed E-state index contributed by atoms with van der Waals surface area (Å²) in [6.07, 6.45) is 1.02. The van der Waals surface area contributed by atoms with Gasteiger partial charge in [0.05, 0.1) is 19.3 Å². The fourth-order valence-electron chi connectivity index (χ4n) is 3.28. The van der Waals surface area contributed by atoms with Crippen LogP contribution in [0, 0.1) is 0 Å². The zero-order valence-corrected chi connectivity index (χ0v) is 17.4.